The average molecular weight is 410 g/mol. The molecule has 0 saturated carbocycles. The van der Waals surface area contributed by atoms with Gasteiger partial charge in [-0.15, -0.1) is 0 Å². The van der Waals surface area contributed by atoms with E-state index in [2.05, 4.69) is 10.2 Å². The topological polar surface area (TPSA) is 95.8 Å². The molecule has 158 valence electrons. The van der Waals surface area contributed by atoms with Crippen LogP contribution in [0.5, 0.6) is 0 Å². The van der Waals surface area contributed by atoms with E-state index in [0.29, 0.717) is 23.2 Å². The minimum Gasteiger partial charge on any atom is -0.368 e. The number of benzene rings is 2. The number of hydrogen-bond donors (Lipinski definition) is 1. The number of nitrogens with zero attached hydrogens (tertiary/aromatic N) is 3. The van der Waals surface area contributed by atoms with Crippen LogP contribution >= 0.6 is 0 Å². The summed E-state index contributed by atoms with van der Waals surface area (Å²) in [6.45, 7) is 6.62. The minimum atomic E-state index is -0.463. The zero-order chi connectivity index (χ0) is 21.7. The second-order valence-corrected chi connectivity index (χ2v) is 7.38. The van der Waals surface area contributed by atoms with E-state index < -0.39 is 4.92 Å². The maximum atomic E-state index is 12.5. The largest absolute Gasteiger partial charge is 0.368 e. The first-order chi connectivity index (χ1) is 14.4. The lowest BCUT2D eigenvalue weighted by Crippen LogP contribution is -2.48. The molecule has 0 unspecified atom stereocenters. The van der Waals surface area contributed by atoms with Crippen LogP contribution in [0, 0.1) is 17.0 Å². The van der Waals surface area contributed by atoms with Gasteiger partial charge in [0.25, 0.3) is 11.6 Å². The van der Waals surface area contributed by atoms with Crippen molar-refractivity contribution in [2.45, 2.75) is 26.7 Å². The van der Waals surface area contributed by atoms with Crippen molar-refractivity contribution in [3.05, 3.63) is 63.7 Å². The molecular weight excluding hydrogens is 384 g/mol. The molecule has 0 radical (unpaired) electrons. The molecule has 1 fully saturated rings. The predicted molar refractivity (Wildman–Crippen MR) is 116 cm³/mol. The Balaban J connectivity index is 1.58. The molecular formula is C22H26N4O4. The first kappa shape index (κ1) is 21.3. The lowest BCUT2D eigenvalue weighted by atomic mass is 10.1. The van der Waals surface area contributed by atoms with E-state index in [1.165, 1.54) is 18.2 Å². The van der Waals surface area contributed by atoms with Gasteiger partial charge >= 0.3 is 0 Å². The summed E-state index contributed by atoms with van der Waals surface area (Å²) < 4.78 is 0. The molecule has 0 aromatic heterocycles. The smallest absolute Gasteiger partial charge is 0.272 e. The van der Waals surface area contributed by atoms with E-state index in [4.69, 9.17) is 0 Å². The first-order valence-electron chi connectivity index (χ1n) is 10.1. The highest BCUT2D eigenvalue weighted by Gasteiger charge is 2.20. The van der Waals surface area contributed by atoms with E-state index >= 15 is 0 Å². The van der Waals surface area contributed by atoms with E-state index in [1.54, 1.807) is 6.92 Å². The van der Waals surface area contributed by atoms with Crippen LogP contribution in [0.2, 0.25) is 0 Å². The standard InChI is InChI=1S/C22H26N4O4/c1-3-4-21(27)25-13-11-24(12-14-25)19-8-6-18(7-9-19)23-22(28)17-5-10-20(26(29)30)16(2)15-17/h5-10,15H,3-4,11-14H2,1-2H3,(H,23,28). The van der Waals surface area contributed by atoms with E-state index in [1.807, 2.05) is 36.1 Å². The lowest BCUT2D eigenvalue weighted by molar-refractivity contribution is -0.385. The number of piperazine rings is 1. The van der Waals surface area contributed by atoms with Crippen molar-refractivity contribution in [2.24, 2.45) is 0 Å². The van der Waals surface area contributed by atoms with Gasteiger partial charge in [0.15, 0.2) is 0 Å². The van der Waals surface area contributed by atoms with Crippen molar-refractivity contribution in [3.63, 3.8) is 0 Å². The summed E-state index contributed by atoms with van der Waals surface area (Å²) >= 11 is 0. The summed E-state index contributed by atoms with van der Waals surface area (Å²) in [5.74, 6) is -0.0968. The predicted octanol–water partition coefficient (Wildman–Crippen LogP) is 3.60. The Bertz CT molecular complexity index is 935. The Morgan fingerprint density at radius 3 is 2.30 bits per heavy atom. The van der Waals surface area contributed by atoms with E-state index in [0.717, 1.165) is 38.3 Å². The lowest BCUT2D eigenvalue weighted by Gasteiger charge is -2.36. The summed E-state index contributed by atoms with van der Waals surface area (Å²) in [6, 6.07) is 11.9. The molecule has 0 bridgehead atoms. The van der Waals surface area contributed by atoms with Crippen LogP contribution in [-0.4, -0.2) is 47.8 Å². The summed E-state index contributed by atoms with van der Waals surface area (Å²) in [5, 5.41) is 13.7. The highest BCUT2D eigenvalue weighted by molar-refractivity contribution is 6.04. The number of carbonyl (C=O) groups excluding carboxylic acids is 2. The molecule has 3 rings (SSSR count). The number of carbonyl (C=O) groups is 2. The van der Waals surface area contributed by atoms with Crippen molar-refractivity contribution < 1.29 is 14.5 Å². The minimum absolute atomic E-state index is 0.00704. The number of nitro benzene ring substituents is 1. The molecule has 2 amide bonds. The Morgan fingerprint density at radius 2 is 1.73 bits per heavy atom. The van der Waals surface area contributed by atoms with Gasteiger partial charge in [-0.05, 0) is 49.7 Å². The van der Waals surface area contributed by atoms with Crippen LogP contribution < -0.4 is 10.2 Å². The quantitative estimate of drug-likeness (QED) is 0.580. The van der Waals surface area contributed by atoms with Gasteiger partial charge in [-0.1, -0.05) is 6.92 Å². The summed E-state index contributed by atoms with van der Waals surface area (Å²) in [4.78, 5) is 39.1. The Hall–Kier alpha value is -3.42. The van der Waals surface area contributed by atoms with Crippen LogP contribution in [0.15, 0.2) is 42.5 Å². The van der Waals surface area contributed by atoms with Crippen LogP contribution in [0.4, 0.5) is 17.1 Å². The monoisotopic (exact) mass is 410 g/mol. The fraction of sp³-hybridized carbons (Fsp3) is 0.364. The fourth-order valence-electron chi connectivity index (χ4n) is 3.55. The molecule has 1 aliphatic rings. The third kappa shape index (κ3) is 4.94. The normalized spacial score (nSPS) is 13.8. The number of rotatable bonds is 6. The number of aryl methyl sites for hydroxylation is 1. The molecule has 2 aromatic rings. The van der Waals surface area contributed by atoms with E-state index in [-0.39, 0.29) is 17.5 Å². The van der Waals surface area contributed by atoms with Gasteiger partial charge in [0, 0.05) is 61.2 Å². The van der Waals surface area contributed by atoms with Crippen molar-refractivity contribution in [2.75, 3.05) is 36.4 Å². The van der Waals surface area contributed by atoms with Gasteiger partial charge in [-0.3, -0.25) is 19.7 Å². The SMILES string of the molecule is CCCC(=O)N1CCN(c2ccc(NC(=O)c3ccc([N+](=O)[O-])c(C)c3)cc2)CC1. The van der Waals surface area contributed by atoms with Crippen molar-refractivity contribution >= 4 is 28.9 Å². The molecule has 1 heterocycles. The van der Waals surface area contributed by atoms with Crippen molar-refractivity contribution in [3.8, 4) is 0 Å². The number of hydrogen-bond acceptors (Lipinski definition) is 5. The Kier molecular flexibility index (Phi) is 6.66. The van der Waals surface area contributed by atoms with Crippen LogP contribution in [0.25, 0.3) is 0 Å². The first-order valence-corrected chi connectivity index (χ1v) is 10.1. The number of anilines is 2. The molecule has 30 heavy (non-hydrogen) atoms. The van der Waals surface area contributed by atoms with Gasteiger partial charge < -0.3 is 15.1 Å². The molecule has 0 atom stereocenters. The van der Waals surface area contributed by atoms with Crippen molar-refractivity contribution in [1.29, 1.82) is 0 Å². The van der Waals surface area contributed by atoms with Crippen LogP contribution in [0.3, 0.4) is 0 Å². The molecule has 1 saturated heterocycles. The summed E-state index contributed by atoms with van der Waals surface area (Å²) in [5.41, 5.74) is 2.50. The summed E-state index contributed by atoms with van der Waals surface area (Å²) in [6.07, 6.45) is 1.47. The highest BCUT2D eigenvalue weighted by Crippen LogP contribution is 2.22. The molecule has 8 nitrogen and oxygen atoms in total. The maximum Gasteiger partial charge on any atom is 0.272 e. The van der Waals surface area contributed by atoms with Crippen molar-refractivity contribution in [1.82, 2.24) is 4.90 Å². The number of nitro groups is 1. The van der Waals surface area contributed by atoms with Gasteiger partial charge in [-0.2, -0.15) is 0 Å². The number of amides is 2. The zero-order valence-electron chi connectivity index (χ0n) is 17.3. The van der Waals surface area contributed by atoms with Gasteiger partial charge in [-0.25, -0.2) is 0 Å². The molecule has 0 aliphatic carbocycles. The fourth-order valence-corrected chi connectivity index (χ4v) is 3.55. The second-order valence-electron chi connectivity index (χ2n) is 7.38. The number of nitrogens with one attached hydrogen (secondary N) is 1. The third-order valence-corrected chi connectivity index (χ3v) is 5.24. The van der Waals surface area contributed by atoms with E-state index in [9.17, 15) is 19.7 Å². The van der Waals surface area contributed by atoms with Crippen LogP contribution in [-0.2, 0) is 4.79 Å². The molecule has 1 N–H and O–H groups in total. The van der Waals surface area contributed by atoms with Gasteiger partial charge in [0.05, 0.1) is 4.92 Å². The average Bonchev–Trinajstić information content (AvgIpc) is 2.74. The third-order valence-electron chi connectivity index (χ3n) is 5.24. The highest BCUT2D eigenvalue weighted by atomic mass is 16.6. The Labute approximate surface area is 175 Å². The zero-order valence-corrected chi connectivity index (χ0v) is 17.3. The second kappa shape index (κ2) is 9.39. The molecule has 0 spiro atoms. The van der Waals surface area contributed by atoms with Gasteiger partial charge in [0.2, 0.25) is 5.91 Å². The maximum absolute atomic E-state index is 12.5. The molecule has 2 aromatic carbocycles. The summed E-state index contributed by atoms with van der Waals surface area (Å²) in [7, 11) is 0. The van der Waals surface area contributed by atoms with Gasteiger partial charge in [0.1, 0.15) is 0 Å². The van der Waals surface area contributed by atoms with Crippen LogP contribution in [0.1, 0.15) is 35.7 Å². The molecule has 8 heteroatoms. The molecule has 1 aliphatic heterocycles. The Morgan fingerprint density at radius 1 is 1.07 bits per heavy atom.